The number of fused-ring (bicyclic) bond motifs is 1. The number of esters is 1. The van der Waals surface area contributed by atoms with Gasteiger partial charge in [0.25, 0.3) is 5.56 Å². The maximum absolute atomic E-state index is 13.5. The molecule has 166 valence electrons. The Kier molecular flexibility index (Phi) is 5.84. The summed E-state index contributed by atoms with van der Waals surface area (Å²) in [6.07, 6.45) is 3.64. The number of benzene rings is 1. The number of hydrogen-bond acceptors (Lipinski definition) is 7. The highest BCUT2D eigenvalue weighted by molar-refractivity contribution is 7.07. The first-order chi connectivity index (χ1) is 15.3. The van der Waals surface area contributed by atoms with Crippen LogP contribution in [-0.4, -0.2) is 41.5 Å². The molecule has 3 aromatic rings. The Bertz CT molecular complexity index is 1380. The van der Waals surface area contributed by atoms with Gasteiger partial charge in [-0.3, -0.25) is 14.0 Å². The molecule has 0 amide bonds. The number of aryl methyl sites for hydroxylation is 1. The monoisotopic (exact) mass is 451 g/mol. The summed E-state index contributed by atoms with van der Waals surface area (Å²) in [6.45, 7) is 4.52. The molecule has 0 fully saturated rings. The van der Waals surface area contributed by atoms with E-state index in [1.54, 1.807) is 22.2 Å². The molecule has 0 saturated heterocycles. The molecule has 0 unspecified atom stereocenters. The first-order valence-electron chi connectivity index (χ1n) is 10.3. The molecule has 0 N–H and O–H groups in total. The van der Waals surface area contributed by atoms with Crippen LogP contribution in [-0.2, 0) is 16.1 Å². The van der Waals surface area contributed by atoms with Crippen LogP contribution in [0.2, 0.25) is 0 Å². The van der Waals surface area contributed by atoms with Gasteiger partial charge in [-0.25, -0.2) is 9.79 Å². The van der Waals surface area contributed by atoms with Crippen LogP contribution >= 0.6 is 11.3 Å². The molecule has 4 rings (SSSR count). The molecule has 1 aliphatic heterocycles. The minimum absolute atomic E-state index is 0.213. The highest BCUT2D eigenvalue weighted by atomic mass is 32.1. The van der Waals surface area contributed by atoms with E-state index >= 15 is 0 Å². The molecule has 1 atom stereocenters. The minimum atomic E-state index is -0.620. The van der Waals surface area contributed by atoms with Gasteiger partial charge in [-0.05, 0) is 43.7 Å². The van der Waals surface area contributed by atoms with Crippen LogP contribution in [0, 0.1) is 0 Å². The summed E-state index contributed by atoms with van der Waals surface area (Å²) in [5.41, 5.74) is 3.23. The number of carbonyl (C=O) groups is 1. The van der Waals surface area contributed by atoms with Crippen molar-refractivity contribution in [3.05, 3.63) is 78.7 Å². The van der Waals surface area contributed by atoms with E-state index in [2.05, 4.69) is 10.1 Å². The molecule has 1 aromatic carbocycles. The van der Waals surface area contributed by atoms with Gasteiger partial charge in [-0.15, -0.1) is 0 Å². The van der Waals surface area contributed by atoms with E-state index in [9.17, 15) is 9.59 Å². The Hall–Kier alpha value is -3.46. The second-order valence-corrected chi connectivity index (χ2v) is 8.66. The molecule has 0 aliphatic carbocycles. The fourth-order valence-corrected chi connectivity index (χ4v) is 4.76. The fraction of sp³-hybridized carbons (Fsp3) is 0.304. The summed E-state index contributed by atoms with van der Waals surface area (Å²) < 4.78 is 8.95. The molecular weight excluding hydrogens is 426 g/mol. The van der Waals surface area contributed by atoms with E-state index in [1.807, 2.05) is 62.4 Å². The first kappa shape index (κ1) is 21.8. The number of anilines is 1. The van der Waals surface area contributed by atoms with Gasteiger partial charge in [0.1, 0.15) is 0 Å². The van der Waals surface area contributed by atoms with E-state index < -0.39 is 12.0 Å². The van der Waals surface area contributed by atoms with Gasteiger partial charge in [0.15, 0.2) is 4.80 Å². The summed E-state index contributed by atoms with van der Waals surface area (Å²) in [7, 11) is 5.26. The third-order valence-electron chi connectivity index (χ3n) is 5.42. The Labute approximate surface area is 189 Å². The number of aromatic nitrogens is 3. The van der Waals surface area contributed by atoms with Crippen molar-refractivity contribution >= 4 is 29.1 Å². The molecule has 32 heavy (non-hydrogen) atoms. The minimum Gasteiger partial charge on any atom is -0.466 e. The van der Waals surface area contributed by atoms with Crippen LogP contribution in [0.1, 0.15) is 31.1 Å². The molecule has 8 nitrogen and oxygen atoms in total. The second kappa shape index (κ2) is 8.58. The highest BCUT2D eigenvalue weighted by Gasteiger charge is 2.33. The Balaban J connectivity index is 1.92. The molecule has 2 aromatic heterocycles. The van der Waals surface area contributed by atoms with Crippen LogP contribution in [0.4, 0.5) is 5.69 Å². The van der Waals surface area contributed by atoms with Crippen LogP contribution in [0.3, 0.4) is 0 Å². The quantitative estimate of drug-likeness (QED) is 0.552. The van der Waals surface area contributed by atoms with E-state index in [0.717, 1.165) is 17.8 Å². The predicted octanol–water partition coefficient (Wildman–Crippen LogP) is 1.69. The van der Waals surface area contributed by atoms with Gasteiger partial charge in [-0.1, -0.05) is 23.5 Å². The lowest BCUT2D eigenvalue weighted by atomic mass is 9.95. The van der Waals surface area contributed by atoms with Crippen molar-refractivity contribution in [1.82, 2.24) is 14.3 Å². The highest BCUT2D eigenvalue weighted by Crippen LogP contribution is 2.31. The van der Waals surface area contributed by atoms with E-state index in [-0.39, 0.29) is 5.56 Å². The summed E-state index contributed by atoms with van der Waals surface area (Å²) in [5.74, 6) is -0.496. The summed E-state index contributed by atoms with van der Waals surface area (Å²) in [4.78, 5) is 33.3. The third kappa shape index (κ3) is 3.80. The summed E-state index contributed by atoms with van der Waals surface area (Å²) in [6, 6.07) is 9.04. The number of hydrogen-bond donors (Lipinski definition) is 0. The molecule has 0 saturated carbocycles. The number of rotatable bonds is 5. The molecule has 0 spiro atoms. The lowest BCUT2D eigenvalue weighted by Gasteiger charge is -2.25. The van der Waals surface area contributed by atoms with Crippen molar-refractivity contribution in [2.75, 3.05) is 26.1 Å². The van der Waals surface area contributed by atoms with Crippen molar-refractivity contribution in [3.63, 3.8) is 0 Å². The van der Waals surface area contributed by atoms with Gasteiger partial charge >= 0.3 is 5.97 Å². The topological polar surface area (TPSA) is 81.7 Å². The lowest BCUT2D eigenvalue weighted by molar-refractivity contribution is -0.136. The lowest BCUT2D eigenvalue weighted by Crippen LogP contribution is -2.39. The number of allylic oxidation sites excluding steroid dienone is 1. The van der Waals surface area contributed by atoms with Gasteiger partial charge in [0.2, 0.25) is 0 Å². The molecule has 0 bridgehead atoms. The van der Waals surface area contributed by atoms with Crippen LogP contribution in [0.15, 0.2) is 57.6 Å². The van der Waals surface area contributed by atoms with Gasteiger partial charge in [0, 0.05) is 32.5 Å². The second-order valence-electron chi connectivity index (χ2n) is 7.66. The zero-order valence-electron chi connectivity index (χ0n) is 18.7. The van der Waals surface area contributed by atoms with Crippen LogP contribution in [0.5, 0.6) is 0 Å². The van der Waals surface area contributed by atoms with Crippen molar-refractivity contribution in [1.29, 1.82) is 0 Å². The average Bonchev–Trinajstić information content (AvgIpc) is 3.36. The zero-order valence-corrected chi connectivity index (χ0v) is 19.5. The molecule has 3 heterocycles. The maximum Gasteiger partial charge on any atom is 0.338 e. The van der Waals surface area contributed by atoms with Gasteiger partial charge < -0.3 is 9.64 Å². The van der Waals surface area contributed by atoms with Crippen molar-refractivity contribution in [3.8, 4) is 0 Å². The average molecular weight is 452 g/mol. The van der Waals surface area contributed by atoms with Gasteiger partial charge in [0.05, 0.1) is 34.6 Å². The zero-order chi connectivity index (χ0) is 23.0. The number of nitrogens with zero attached hydrogens (tertiary/aromatic N) is 5. The van der Waals surface area contributed by atoms with Crippen LogP contribution < -0.4 is 19.8 Å². The van der Waals surface area contributed by atoms with Crippen molar-refractivity contribution in [2.45, 2.75) is 26.4 Å². The standard InChI is InChI=1S/C23H25N5O3S/c1-6-27-12-11-16(25-27)13-18-21(29)28-20(15-7-9-17(10-8-15)26(3)4)19(22(30)31-5)14(2)24-23(28)32-18/h7-13,20H,6H2,1-5H3/b18-13+/t20-/m0/s1. The number of thiazole rings is 1. The smallest absolute Gasteiger partial charge is 0.338 e. The molecule has 1 aliphatic rings. The summed E-state index contributed by atoms with van der Waals surface area (Å²) in [5, 5.41) is 4.45. The molecular formula is C23H25N5O3S. The summed E-state index contributed by atoms with van der Waals surface area (Å²) >= 11 is 1.29. The number of ether oxygens (including phenoxy) is 1. The third-order valence-corrected chi connectivity index (χ3v) is 6.40. The normalized spacial score (nSPS) is 16.0. The molecule has 9 heteroatoms. The number of methoxy groups -OCH3 is 1. The Morgan fingerprint density at radius 1 is 1.25 bits per heavy atom. The van der Waals surface area contributed by atoms with Crippen molar-refractivity contribution in [2.24, 2.45) is 4.99 Å². The maximum atomic E-state index is 13.5. The number of carbonyl (C=O) groups excluding carboxylic acids is 1. The molecule has 0 radical (unpaired) electrons. The van der Waals surface area contributed by atoms with E-state index in [1.165, 1.54) is 18.4 Å². The van der Waals surface area contributed by atoms with Crippen molar-refractivity contribution < 1.29 is 9.53 Å². The van der Waals surface area contributed by atoms with Gasteiger partial charge in [-0.2, -0.15) is 5.10 Å². The first-order valence-corrected chi connectivity index (χ1v) is 11.1. The Morgan fingerprint density at radius 2 is 1.97 bits per heavy atom. The fourth-order valence-electron chi connectivity index (χ4n) is 3.73. The SMILES string of the molecule is CCn1ccc(/C=c2/sc3n(c2=O)[C@@H](c2ccc(N(C)C)cc2)C(C(=O)OC)=C(C)N=3)n1. The largest absolute Gasteiger partial charge is 0.466 e. The van der Waals surface area contributed by atoms with E-state index in [0.29, 0.717) is 26.3 Å². The Morgan fingerprint density at radius 3 is 2.56 bits per heavy atom. The van der Waals surface area contributed by atoms with E-state index in [4.69, 9.17) is 4.74 Å². The van der Waals surface area contributed by atoms with Crippen LogP contribution in [0.25, 0.3) is 6.08 Å². The predicted molar refractivity (Wildman–Crippen MR) is 124 cm³/mol.